The molecule has 4 aromatic heterocycles. The molecular weight excluding hydrogens is 560 g/mol. The molecule has 0 saturated carbocycles. The Morgan fingerprint density at radius 3 is 2.56 bits per heavy atom. The Balaban J connectivity index is 1.69. The van der Waals surface area contributed by atoms with Crippen molar-refractivity contribution >= 4 is 72.7 Å². The molecule has 0 saturated heterocycles. The summed E-state index contributed by atoms with van der Waals surface area (Å²) in [6, 6.07) is 6.29. The van der Waals surface area contributed by atoms with Crippen LogP contribution in [0.4, 0.5) is 5.82 Å². The van der Waals surface area contributed by atoms with E-state index in [1.807, 2.05) is 45.4 Å². The molecule has 0 radical (unpaired) electrons. The van der Waals surface area contributed by atoms with E-state index in [-0.39, 0.29) is 16.9 Å². The van der Waals surface area contributed by atoms with Gasteiger partial charge in [0.25, 0.3) is 0 Å². The minimum atomic E-state index is -0.743. The molecule has 1 atom stereocenters. The third kappa shape index (κ3) is 5.94. The van der Waals surface area contributed by atoms with Gasteiger partial charge in [-0.1, -0.05) is 0 Å². The molecule has 5 rings (SSSR count). The van der Waals surface area contributed by atoms with Crippen molar-refractivity contribution in [1.29, 1.82) is 0 Å². The maximum absolute atomic E-state index is 14.5. The summed E-state index contributed by atoms with van der Waals surface area (Å²) in [5.41, 5.74) is 12.4. The molecule has 1 aromatic carbocycles. The molecule has 0 fully saturated rings. The first-order chi connectivity index (χ1) is 21.4. The van der Waals surface area contributed by atoms with E-state index in [1.165, 1.54) is 9.08 Å². The summed E-state index contributed by atoms with van der Waals surface area (Å²) in [6.07, 6.45) is 6.68. The third-order valence-electron chi connectivity index (χ3n) is 7.93. The maximum atomic E-state index is 14.5. The fraction of sp³-hybridized carbons (Fsp3) is 0.138. The van der Waals surface area contributed by atoms with Crippen LogP contribution >= 0.6 is 0 Å². The van der Waals surface area contributed by atoms with Gasteiger partial charge in [0.2, 0.25) is 0 Å². The number of hydrogen-bond acceptors (Lipinski definition) is 7. The number of allylic oxidation sites excluding steroid dienone is 4. The fourth-order valence-corrected chi connectivity index (χ4v) is 5.02. The van der Waals surface area contributed by atoms with E-state index >= 15 is 0 Å². The van der Waals surface area contributed by atoms with Gasteiger partial charge in [-0.25, -0.2) is 0 Å². The Morgan fingerprint density at radius 1 is 1.11 bits per heavy atom. The van der Waals surface area contributed by atoms with Crippen LogP contribution in [0.5, 0.6) is 0 Å². The van der Waals surface area contributed by atoms with Crippen LogP contribution < -0.4 is 16.6 Å². The van der Waals surface area contributed by atoms with Crippen LogP contribution in [0.3, 0.4) is 0 Å². The molecule has 0 aliphatic rings. The molecular formula is C29H30B5N9O2. The SMILES string of the molecule is B=C(/C(B)=C(B)\C(B)=C(\B)C)n1c(C(C)NC(=O)c2c(N)nn3cccnc23)nc2cccc(C#Cc3cnn(C)c3)c2c1=O. The second-order valence-electron chi connectivity index (χ2n) is 11.1. The van der Waals surface area contributed by atoms with Crippen LogP contribution in [-0.2, 0) is 7.05 Å². The van der Waals surface area contributed by atoms with E-state index in [1.54, 1.807) is 60.7 Å². The molecule has 0 bridgehead atoms. The number of carbonyl (C=O) groups excluding carboxylic acids is 1. The summed E-state index contributed by atoms with van der Waals surface area (Å²) in [5.74, 6) is 6.05. The van der Waals surface area contributed by atoms with Crippen molar-refractivity contribution in [3.05, 3.63) is 104 Å². The molecule has 3 N–H and O–H groups in total. The number of nitrogens with zero attached hydrogens (tertiary/aromatic N) is 7. The zero-order chi connectivity index (χ0) is 32.6. The van der Waals surface area contributed by atoms with Gasteiger partial charge in [-0.15, -0.1) is 0 Å². The van der Waals surface area contributed by atoms with E-state index in [0.29, 0.717) is 39.1 Å². The number of aryl methyl sites for hydroxylation is 1. The third-order valence-corrected chi connectivity index (χ3v) is 7.93. The quantitative estimate of drug-likeness (QED) is 0.127. The summed E-state index contributed by atoms with van der Waals surface area (Å²) in [7, 11) is 14.2. The van der Waals surface area contributed by atoms with E-state index in [4.69, 9.17) is 10.7 Å². The average Bonchev–Trinajstić information content (AvgIpc) is 3.59. The Bertz CT molecular complexity index is 2220. The van der Waals surface area contributed by atoms with Crippen LogP contribution in [0.2, 0.25) is 0 Å². The van der Waals surface area contributed by atoms with Crippen molar-refractivity contribution in [2.75, 3.05) is 5.73 Å². The summed E-state index contributed by atoms with van der Waals surface area (Å²) in [4.78, 5) is 37.3. The van der Waals surface area contributed by atoms with Crippen molar-refractivity contribution in [3.63, 3.8) is 0 Å². The first kappa shape index (κ1) is 31.1. The second-order valence-corrected chi connectivity index (χ2v) is 11.1. The fourth-order valence-electron chi connectivity index (χ4n) is 5.02. The Hall–Kier alpha value is -5.31. The summed E-state index contributed by atoms with van der Waals surface area (Å²) >= 11 is 0. The predicted molar refractivity (Wildman–Crippen MR) is 190 cm³/mol. The number of fused-ring (bicyclic) bond motifs is 2. The van der Waals surface area contributed by atoms with Crippen LogP contribution in [-0.4, -0.2) is 84.3 Å². The summed E-state index contributed by atoms with van der Waals surface area (Å²) in [5, 5.41) is 11.7. The number of benzene rings is 1. The molecule has 11 nitrogen and oxygen atoms in total. The number of amides is 1. The first-order valence-electron chi connectivity index (χ1n) is 14.4. The van der Waals surface area contributed by atoms with Crippen molar-refractivity contribution in [3.8, 4) is 11.8 Å². The van der Waals surface area contributed by atoms with Crippen molar-refractivity contribution < 1.29 is 4.79 Å². The standard InChI is InChI=1S/C29H30B5N9O2/c1-14(30)21(31)22(32)23(33)24(34)43-26(15(2)38-28(44)20-25(35)40-42-11-5-10-36-27(20)42)39-18-7-4-6-17(19(18)29(43)45)9-8-16-12-37-41(3)13-16/h4-7,10-13,15,34H,30-33H2,1-3H3,(H2,35,40)(H,38,44)/b21-14-,23-22-. The van der Waals surface area contributed by atoms with Gasteiger partial charge in [-0.05, 0) is 0 Å². The van der Waals surface area contributed by atoms with Gasteiger partial charge < -0.3 is 0 Å². The number of rotatable bonds is 6. The van der Waals surface area contributed by atoms with Gasteiger partial charge in [0.15, 0.2) is 0 Å². The van der Waals surface area contributed by atoms with Crippen molar-refractivity contribution in [1.82, 2.24) is 39.2 Å². The molecule has 16 heteroatoms. The normalized spacial score (nSPS) is 13.0. The van der Waals surface area contributed by atoms with Gasteiger partial charge in [0.1, 0.15) is 0 Å². The van der Waals surface area contributed by atoms with Gasteiger partial charge in [0, 0.05) is 0 Å². The van der Waals surface area contributed by atoms with Gasteiger partial charge in [-0.2, -0.15) is 0 Å². The molecule has 0 spiro atoms. The average molecular weight is 591 g/mol. The first-order valence-corrected chi connectivity index (χ1v) is 14.4. The molecule has 45 heavy (non-hydrogen) atoms. The van der Waals surface area contributed by atoms with Gasteiger partial charge in [-0.3, -0.25) is 0 Å². The zero-order valence-corrected chi connectivity index (χ0v) is 26.4. The number of aromatic nitrogens is 7. The van der Waals surface area contributed by atoms with Crippen LogP contribution in [0.15, 0.2) is 75.7 Å². The summed E-state index contributed by atoms with van der Waals surface area (Å²) < 4.78 is 4.57. The molecule has 1 unspecified atom stereocenters. The number of anilines is 1. The topological polar surface area (TPSA) is 138 Å². The van der Waals surface area contributed by atoms with E-state index in [0.717, 1.165) is 21.9 Å². The van der Waals surface area contributed by atoms with Crippen molar-refractivity contribution in [2.24, 2.45) is 7.05 Å². The van der Waals surface area contributed by atoms with Gasteiger partial charge >= 0.3 is 265 Å². The predicted octanol–water partition coefficient (Wildman–Crippen LogP) is -2.50. The van der Waals surface area contributed by atoms with Gasteiger partial charge in [0.05, 0.1) is 0 Å². The van der Waals surface area contributed by atoms with E-state index in [2.05, 4.69) is 39.8 Å². The van der Waals surface area contributed by atoms with E-state index < -0.39 is 11.9 Å². The van der Waals surface area contributed by atoms with Crippen LogP contribution in [0.25, 0.3) is 16.6 Å². The van der Waals surface area contributed by atoms with Crippen LogP contribution in [0.1, 0.15) is 47.2 Å². The molecule has 0 aliphatic heterocycles. The molecule has 1 amide bonds. The molecule has 0 aliphatic carbocycles. The zero-order valence-electron chi connectivity index (χ0n) is 26.4. The monoisotopic (exact) mass is 591 g/mol. The minimum absolute atomic E-state index is 0.0371. The van der Waals surface area contributed by atoms with Crippen molar-refractivity contribution in [2.45, 2.75) is 19.9 Å². The molecule has 5 aromatic rings. The Kier molecular flexibility index (Phi) is 8.55. The summed E-state index contributed by atoms with van der Waals surface area (Å²) in [6.45, 7) is 3.79. The number of nitrogens with two attached hydrogens (primary N) is 1. The second kappa shape index (κ2) is 12.4. The molecule has 4 heterocycles. The van der Waals surface area contributed by atoms with E-state index in [9.17, 15) is 9.59 Å². The number of carbonyl (C=O) groups is 1. The number of nitrogen functional groups attached to an aromatic ring is 1. The Labute approximate surface area is 264 Å². The molecule has 218 valence electrons. The Morgan fingerprint density at radius 2 is 1.87 bits per heavy atom. The number of nitrogens with one attached hydrogen (secondary N) is 1. The number of hydrogen-bond donors (Lipinski definition) is 2. The van der Waals surface area contributed by atoms with Crippen LogP contribution in [0, 0.1) is 11.8 Å².